The lowest BCUT2D eigenvalue weighted by atomic mass is 10.1. The minimum Gasteiger partial charge on any atom is -0.462 e. The SMILES string of the molecule is CCOC(=O)c1sc(NC(=O)CSc2nnc(CNC(=O)c3ccco3)n2-c2cccc(C)c2)c(C(=O)OCC)c1C. The molecule has 3 aromatic heterocycles. The highest BCUT2D eigenvalue weighted by Gasteiger charge is 2.27. The van der Waals surface area contributed by atoms with Crippen LogP contribution in [0, 0.1) is 13.8 Å². The lowest BCUT2D eigenvalue weighted by Gasteiger charge is -2.11. The summed E-state index contributed by atoms with van der Waals surface area (Å²) in [7, 11) is 0. The molecule has 0 radical (unpaired) electrons. The zero-order chi connectivity index (χ0) is 30.2. The van der Waals surface area contributed by atoms with Gasteiger partial charge in [0.25, 0.3) is 5.91 Å². The highest BCUT2D eigenvalue weighted by atomic mass is 32.2. The molecule has 4 aromatic rings. The second kappa shape index (κ2) is 14.0. The Balaban J connectivity index is 1.54. The van der Waals surface area contributed by atoms with Crippen molar-refractivity contribution in [3.63, 3.8) is 0 Å². The number of benzene rings is 1. The van der Waals surface area contributed by atoms with Gasteiger partial charge in [-0.05, 0) is 63.1 Å². The van der Waals surface area contributed by atoms with Gasteiger partial charge in [-0.25, -0.2) is 9.59 Å². The molecule has 14 heteroatoms. The summed E-state index contributed by atoms with van der Waals surface area (Å²) in [6.07, 6.45) is 1.41. The molecule has 0 atom stereocenters. The number of esters is 2. The minimum atomic E-state index is -0.648. The number of carbonyl (C=O) groups excluding carboxylic acids is 4. The topological polar surface area (TPSA) is 155 Å². The van der Waals surface area contributed by atoms with Gasteiger partial charge in [0.1, 0.15) is 9.88 Å². The zero-order valence-electron chi connectivity index (χ0n) is 23.4. The Morgan fingerprint density at radius 1 is 1.02 bits per heavy atom. The maximum atomic E-state index is 13.1. The highest BCUT2D eigenvalue weighted by Crippen LogP contribution is 2.34. The van der Waals surface area contributed by atoms with Crippen LogP contribution in [0.1, 0.15) is 61.4 Å². The fourth-order valence-electron chi connectivity index (χ4n) is 3.92. The maximum absolute atomic E-state index is 13.1. The van der Waals surface area contributed by atoms with Crippen molar-refractivity contribution >= 4 is 51.9 Å². The summed E-state index contributed by atoms with van der Waals surface area (Å²) in [5.74, 6) is -1.55. The molecule has 3 heterocycles. The van der Waals surface area contributed by atoms with E-state index in [4.69, 9.17) is 13.9 Å². The van der Waals surface area contributed by atoms with Gasteiger partial charge in [0.15, 0.2) is 16.7 Å². The van der Waals surface area contributed by atoms with Crippen molar-refractivity contribution in [2.45, 2.75) is 39.4 Å². The highest BCUT2D eigenvalue weighted by molar-refractivity contribution is 7.99. The third-order valence-electron chi connectivity index (χ3n) is 5.78. The summed E-state index contributed by atoms with van der Waals surface area (Å²) >= 11 is 2.08. The molecule has 0 unspecified atom stereocenters. The van der Waals surface area contributed by atoms with Gasteiger partial charge in [0.2, 0.25) is 5.91 Å². The maximum Gasteiger partial charge on any atom is 0.348 e. The quantitative estimate of drug-likeness (QED) is 0.172. The number of aryl methyl sites for hydroxylation is 1. The molecule has 0 aliphatic heterocycles. The lowest BCUT2D eigenvalue weighted by Crippen LogP contribution is -2.24. The summed E-state index contributed by atoms with van der Waals surface area (Å²) in [5.41, 5.74) is 2.24. The molecule has 0 spiro atoms. The van der Waals surface area contributed by atoms with E-state index in [2.05, 4.69) is 20.8 Å². The van der Waals surface area contributed by atoms with Crippen molar-refractivity contribution < 1.29 is 33.1 Å². The fourth-order valence-corrected chi connectivity index (χ4v) is 5.80. The molecule has 42 heavy (non-hydrogen) atoms. The van der Waals surface area contributed by atoms with E-state index < -0.39 is 23.8 Å². The first kappa shape index (κ1) is 30.5. The summed E-state index contributed by atoms with van der Waals surface area (Å²) in [6.45, 7) is 7.26. The standard InChI is InChI=1S/C28H29N5O7S2/c1-5-38-26(36)22-17(4)23(27(37)39-6-2)42-25(22)30-21(34)15-41-28-32-31-20(14-29-24(35)19-11-8-12-40-19)33(28)18-10-7-9-16(3)13-18/h7-13H,5-6,14-15H2,1-4H3,(H,29,35)(H,30,34). The Kier molecular flexibility index (Phi) is 10.1. The number of carbonyl (C=O) groups is 4. The Morgan fingerprint density at radius 2 is 1.79 bits per heavy atom. The summed E-state index contributed by atoms with van der Waals surface area (Å²) < 4.78 is 17.2. The molecule has 0 saturated heterocycles. The number of thioether (sulfide) groups is 1. The molecule has 220 valence electrons. The number of furan rings is 1. The second-order valence-electron chi connectivity index (χ2n) is 8.77. The van der Waals surface area contributed by atoms with Gasteiger partial charge in [-0.1, -0.05) is 23.9 Å². The molecular weight excluding hydrogens is 582 g/mol. The van der Waals surface area contributed by atoms with Crippen molar-refractivity contribution in [1.29, 1.82) is 0 Å². The molecule has 12 nitrogen and oxygen atoms in total. The van der Waals surface area contributed by atoms with Crippen molar-refractivity contribution in [1.82, 2.24) is 20.1 Å². The van der Waals surface area contributed by atoms with E-state index in [-0.39, 0.29) is 46.7 Å². The number of nitrogens with one attached hydrogen (secondary N) is 2. The van der Waals surface area contributed by atoms with Crippen LogP contribution in [0.3, 0.4) is 0 Å². The number of ether oxygens (including phenoxy) is 2. The van der Waals surface area contributed by atoms with Gasteiger partial charge in [0, 0.05) is 5.69 Å². The summed E-state index contributed by atoms with van der Waals surface area (Å²) in [4.78, 5) is 50.8. The molecule has 0 saturated carbocycles. The summed E-state index contributed by atoms with van der Waals surface area (Å²) in [6, 6.07) is 10.8. The van der Waals surface area contributed by atoms with Gasteiger partial charge in [-0.2, -0.15) is 0 Å². The minimum absolute atomic E-state index is 0.0568. The molecule has 2 amide bonds. The summed E-state index contributed by atoms with van der Waals surface area (Å²) in [5, 5.41) is 14.6. The van der Waals surface area contributed by atoms with Crippen molar-refractivity contribution in [3.05, 3.63) is 75.8 Å². The average Bonchev–Trinajstić information content (AvgIpc) is 3.70. The van der Waals surface area contributed by atoms with Crippen LogP contribution >= 0.6 is 23.1 Å². The van der Waals surface area contributed by atoms with Crippen LogP contribution in [0.2, 0.25) is 0 Å². The molecule has 1 aromatic carbocycles. The third-order valence-corrected chi connectivity index (χ3v) is 7.90. The van der Waals surface area contributed by atoms with Crippen LogP contribution in [0.25, 0.3) is 5.69 Å². The number of aromatic nitrogens is 3. The average molecular weight is 612 g/mol. The van der Waals surface area contributed by atoms with Crippen LogP contribution in [0.5, 0.6) is 0 Å². The van der Waals surface area contributed by atoms with E-state index in [0.717, 1.165) is 34.3 Å². The number of nitrogens with zero attached hydrogens (tertiary/aromatic N) is 3. The van der Waals surface area contributed by atoms with E-state index in [1.54, 1.807) is 37.5 Å². The molecule has 2 N–H and O–H groups in total. The Hall–Kier alpha value is -4.43. The first-order chi connectivity index (χ1) is 20.2. The fraction of sp³-hybridized carbons (Fsp3) is 0.286. The van der Waals surface area contributed by atoms with Crippen molar-refractivity contribution in [2.24, 2.45) is 0 Å². The molecule has 0 aliphatic carbocycles. The lowest BCUT2D eigenvalue weighted by molar-refractivity contribution is -0.113. The molecule has 0 bridgehead atoms. The third kappa shape index (κ3) is 7.06. The van der Waals surface area contributed by atoms with Crippen molar-refractivity contribution in [3.8, 4) is 5.69 Å². The van der Waals surface area contributed by atoms with E-state index in [9.17, 15) is 19.2 Å². The Labute approximate surface area is 249 Å². The predicted octanol–water partition coefficient (Wildman–Crippen LogP) is 4.55. The second-order valence-corrected chi connectivity index (χ2v) is 10.7. The van der Waals surface area contributed by atoms with Crippen LogP contribution in [-0.2, 0) is 20.8 Å². The van der Waals surface area contributed by atoms with E-state index in [1.165, 1.54) is 6.26 Å². The monoisotopic (exact) mass is 611 g/mol. The normalized spacial score (nSPS) is 10.8. The van der Waals surface area contributed by atoms with Crippen LogP contribution in [-0.4, -0.2) is 57.5 Å². The Morgan fingerprint density at radius 3 is 2.48 bits per heavy atom. The van der Waals surface area contributed by atoms with Crippen LogP contribution in [0.4, 0.5) is 5.00 Å². The number of anilines is 1. The van der Waals surface area contributed by atoms with Gasteiger partial charge in [-0.15, -0.1) is 21.5 Å². The number of hydrogen-bond acceptors (Lipinski definition) is 11. The molecular formula is C28H29N5O7S2. The number of hydrogen-bond donors (Lipinski definition) is 2. The van der Waals surface area contributed by atoms with Crippen molar-refractivity contribution in [2.75, 3.05) is 24.3 Å². The first-order valence-electron chi connectivity index (χ1n) is 13.0. The number of amides is 2. The van der Waals surface area contributed by atoms with Gasteiger partial charge >= 0.3 is 11.9 Å². The molecule has 0 aliphatic rings. The predicted molar refractivity (Wildman–Crippen MR) is 156 cm³/mol. The zero-order valence-corrected chi connectivity index (χ0v) is 25.0. The molecule has 0 fully saturated rings. The van der Waals surface area contributed by atoms with E-state index in [1.807, 2.05) is 31.2 Å². The van der Waals surface area contributed by atoms with E-state index in [0.29, 0.717) is 16.5 Å². The van der Waals surface area contributed by atoms with Gasteiger partial charge in [-0.3, -0.25) is 14.2 Å². The first-order valence-corrected chi connectivity index (χ1v) is 14.8. The smallest absolute Gasteiger partial charge is 0.348 e. The van der Waals surface area contributed by atoms with Crippen LogP contribution < -0.4 is 10.6 Å². The number of thiophene rings is 1. The largest absolute Gasteiger partial charge is 0.462 e. The van der Waals surface area contributed by atoms with Gasteiger partial charge in [0.05, 0.1) is 37.3 Å². The Bertz CT molecular complexity index is 1590. The molecule has 4 rings (SSSR count). The van der Waals surface area contributed by atoms with Crippen LogP contribution in [0.15, 0.2) is 52.2 Å². The van der Waals surface area contributed by atoms with Gasteiger partial charge < -0.3 is 24.5 Å². The number of rotatable bonds is 12. The van der Waals surface area contributed by atoms with E-state index >= 15 is 0 Å².